The molecule has 1 saturated heterocycles. The lowest BCUT2D eigenvalue weighted by Crippen LogP contribution is -2.44. The lowest BCUT2D eigenvalue weighted by molar-refractivity contribution is 0.0593. The fourth-order valence-electron chi connectivity index (χ4n) is 3.44. The van der Waals surface area contributed by atoms with Gasteiger partial charge in [0.25, 0.3) is 11.8 Å². The zero-order chi connectivity index (χ0) is 20.1. The van der Waals surface area contributed by atoms with Crippen LogP contribution in [0.5, 0.6) is 0 Å². The average molecular weight is 380 g/mol. The number of hydrogen-bond donors (Lipinski definition) is 0. The Bertz CT molecular complexity index is 881. The Hall–Kier alpha value is -3.21. The van der Waals surface area contributed by atoms with Gasteiger partial charge in [0.1, 0.15) is 0 Å². The Morgan fingerprint density at radius 1 is 1.25 bits per heavy atom. The van der Waals surface area contributed by atoms with Crippen LogP contribution in [-0.2, 0) is 6.54 Å². The largest absolute Gasteiger partial charge is 0.343 e. The number of nitriles is 1. The molecule has 8 nitrogen and oxygen atoms in total. The summed E-state index contributed by atoms with van der Waals surface area (Å²) < 4.78 is 1.66. The van der Waals surface area contributed by atoms with Crippen LogP contribution in [0.1, 0.15) is 52.1 Å². The smallest absolute Gasteiger partial charge is 0.275 e. The molecule has 0 spiro atoms. The molecule has 1 aromatic carbocycles. The van der Waals surface area contributed by atoms with E-state index in [4.69, 9.17) is 5.26 Å². The fraction of sp³-hybridized carbons (Fsp3) is 0.450. The van der Waals surface area contributed by atoms with Crippen LogP contribution in [0, 0.1) is 11.3 Å². The van der Waals surface area contributed by atoms with Crippen LogP contribution in [-0.4, -0.2) is 63.3 Å². The molecule has 146 valence electrons. The number of nitrogens with zero attached hydrogens (tertiary/aromatic N) is 6. The molecule has 1 atom stereocenters. The molecular formula is C20H24N6O2. The van der Waals surface area contributed by atoms with Crippen molar-refractivity contribution in [1.82, 2.24) is 24.8 Å². The first-order chi connectivity index (χ1) is 13.5. The number of aryl methyl sites for hydroxylation is 1. The summed E-state index contributed by atoms with van der Waals surface area (Å²) >= 11 is 0. The van der Waals surface area contributed by atoms with Gasteiger partial charge in [-0.2, -0.15) is 5.26 Å². The van der Waals surface area contributed by atoms with E-state index in [0.717, 1.165) is 32.2 Å². The molecule has 3 rings (SSSR count). The second-order valence-electron chi connectivity index (χ2n) is 7.19. The first-order valence-corrected chi connectivity index (χ1v) is 9.42. The highest BCUT2D eigenvalue weighted by atomic mass is 16.2. The third-order valence-corrected chi connectivity index (χ3v) is 5.00. The molecule has 28 heavy (non-hydrogen) atoms. The molecular weight excluding hydrogens is 356 g/mol. The van der Waals surface area contributed by atoms with Gasteiger partial charge in [-0.15, -0.1) is 5.10 Å². The van der Waals surface area contributed by atoms with E-state index in [-0.39, 0.29) is 17.9 Å². The molecule has 1 aliphatic heterocycles. The van der Waals surface area contributed by atoms with Crippen molar-refractivity contribution in [1.29, 1.82) is 5.26 Å². The van der Waals surface area contributed by atoms with Gasteiger partial charge in [0.2, 0.25) is 0 Å². The van der Waals surface area contributed by atoms with E-state index in [1.54, 1.807) is 49.2 Å². The van der Waals surface area contributed by atoms with E-state index in [9.17, 15) is 9.59 Å². The summed E-state index contributed by atoms with van der Waals surface area (Å²) in [7, 11) is 3.35. The summed E-state index contributed by atoms with van der Waals surface area (Å²) in [5, 5.41) is 16.9. The molecule has 2 heterocycles. The summed E-state index contributed by atoms with van der Waals surface area (Å²) in [6, 6.07) is 8.95. The minimum atomic E-state index is -0.179. The molecule has 2 aromatic rings. The standard InChI is InChI=1S/C20H24N6O2/c1-24(2)20(28)18-14-25(23-22-18)12-10-17-5-3-4-11-26(17)19(27)16-8-6-15(13-21)7-9-16/h6-9,14,17H,3-5,10-12H2,1-2H3. The van der Waals surface area contributed by atoms with E-state index < -0.39 is 0 Å². The zero-order valence-electron chi connectivity index (χ0n) is 16.2. The van der Waals surface area contributed by atoms with Gasteiger partial charge in [-0.05, 0) is 49.9 Å². The molecule has 1 aliphatic rings. The van der Waals surface area contributed by atoms with Crippen molar-refractivity contribution in [3.8, 4) is 6.07 Å². The molecule has 2 amide bonds. The third kappa shape index (κ3) is 4.36. The number of benzene rings is 1. The van der Waals surface area contributed by atoms with Gasteiger partial charge in [0.05, 0.1) is 17.8 Å². The van der Waals surface area contributed by atoms with Crippen LogP contribution in [0.15, 0.2) is 30.5 Å². The van der Waals surface area contributed by atoms with Gasteiger partial charge in [-0.3, -0.25) is 14.3 Å². The summed E-state index contributed by atoms with van der Waals surface area (Å²) in [6.07, 6.45) is 5.42. The molecule has 0 N–H and O–H groups in total. The monoisotopic (exact) mass is 380 g/mol. The molecule has 0 bridgehead atoms. The van der Waals surface area contributed by atoms with Crippen molar-refractivity contribution in [2.45, 2.75) is 38.3 Å². The number of amides is 2. The maximum atomic E-state index is 12.9. The van der Waals surface area contributed by atoms with Gasteiger partial charge in [0.15, 0.2) is 5.69 Å². The normalized spacial score (nSPS) is 16.5. The number of likely N-dealkylation sites (tertiary alicyclic amines) is 1. The quantitative estimate of drug-likeness (QED) is 0.790. The number of aromatic nitrogens is 3. The average Bonchev–Trinajstić information content (AvgIpc) is 3.20. The second kappa shape index (κ2) is 8.65. The minimum absolute atomic E-state index is 0.00347. The maximum Gasteiger partial charge on any atom is 0.275 e. The Kier molecular flexibility index (Phi) is 6.04. The SMILES string of the molecule is CN(C)C(=O)c1cn(CCC2CCCCN2C(=O)c2ccc(C#N)cc2)nn1. The highest BCUT2D eigenvalue weighted by molar-refractivity contribution is 5.94. The van der Waals surface area contributed by atoms with Gasteiger partial charge < -0.3 is 9.80 Å². The van der Waals surface area contributed by atoms with Gasteiger partial charge in [-0.1, -0.05) is 5.21 Å². The van der Waals surface area contributed by atoms with Crippen LogP contribution in [0.2, 0.25) is 0 Å². The number of piperidine rings is 1. The Labute approximate surface area is 164 Å². The van der Waals surface area contributed by atoms with Crippen molar-refractivity contribution in [3.05, 3.63) is 47.3 Å². The van der Waals surface area contributed by atoms with Crippen LogP contribution in [0.3, 0.4) is 0 Å². The fourth-order valence-corrected chi connectivity index (χ4v) is 3.44. The summed E-state index contributed by atoms with van der Waals surface area (Å²) in [4.78, 5) is 28.3. The highest BCUT2D eigenvalue weighted by Crippen LogP contribution is 2.22. The Balaban J connectivity index is 1.65. The lowest BCUT2D eigenvalue weighted by atomic mass is 9.98. The Morgan fingerprint density at radius 3 is 2.68 bits per heavy atom. The van der Waals surface area contributed by atoms with E-state index in [2.05, 4.69) is 16.4 Å². The van der Waals surface area contributed by atoms with Crippen LogP contribution < -0.4 is 0 Å². The van der Waals surface area contributed by atoms with E-state index in [0.29, 0.717) is 23.4 Å². The minimum Gasteiger partial charge on any atom is -0.343 e. The maximum absolute atomic E-state index is 12.9. The zero-order valence-corrected chi connectivity index (χ0v) is 16.2. The number of hydrogen-bond acceptors (Lipinski definition) is 5. The van der Waals surface area contributed by atoms with Gasteiger partial charge in [-0.25, -0.2) is 0 Å². The molecule has 1 fully saturated rings. The molecule has 0 radical (unpaired) electrons. The summed E-state index contributed by atoms with van der Waals surface area (Å²) in [5.41, 5.74) is 1.46. The molecule has 0 saturated carbocycles. The predicted molar refractivity (Wildman–Crippen MR) is 102 cm³/mol. The number of carbonyl (C=O) groups excluding carboxylic acids is 2. The van der Waals surface area contributed by atoms with Gasteiger partial charge >= 0.3 is 0 Å². The van der Waals surface area contributed by atoms with Crippen molar-refractivity contribution >= 4 is 11.8 Å². The number of rotatable bonds is 5. The van der Waals surface area contributed by atoms with Crippen molar-refractivity contribution in [3.63, 3.8) is 0 Å². The van der Waals surface area contributed by atoms with Crippen LogP contribution in [0.4, 0.5) is 0 Å². The Morgan fingerprint density at radius 2 is 2.00 bits per heavy atom. The van der Waals surface area contributed by atoms with E-state index in [1.165, 1.54) is 4.90 Å². The van der Waals surface area contributed by atoms with Gasteiger partial charge in [0, 0.05) is 38.8 Å². The second-order valence-corrected chi connectivity index (χ2v) is 7.19. The first-order valence-electron chi connectivity index (χ1n) is 9.42. The predicted octanol–water partition coefficient (Wildman–Crippen LogP) is 1.94. The van der Waals surface area contributed by atoms with E-state index in [1.807, 2.05) is 4.90 Å². The summed E-state index contributed by atoms with van der Waals surface area (Å²) in [5.74, 6) is -0.183. The lowest BCUT2D eigenvalue weighted by Gasteiger charge is -2.36. The van der Waals surface area contributed by atoms with E-state index >= 15 is 0 Å². The van der Waals surface area contributed by atoms with Crippen molar-refractivity contribution in [2.75, 3.05) is 20.6 Å². The highest BCUT2D eigenvalue weighted by Gasteiger charge is 2.27. The molecule has 1 aromatic heterocycles. The van der Waals surface area contributed by atoms with Crippen LogP contribution in [0.25, 0.3) is 0 Å². The number of carbonyl (C=O) groups is 2. The molecule has 8 heteroatoms. The van der Waals surface area contributed by atoms with Crippen molar-refractivity contribution < 1.29 is 9.59 Å². The van der Waals surface area contributed by atoms with Crippen LogP contribution >= 0.6 is 0 Å². The topological polar surface area (TPSA) is 95.1 Å². The molecule has 1 unspecified atom stereocenters. The molecule has 0 aliphatic carbocycles. The third-order valence-electron chi connectivity index (χ3n) is 5.00. The van der Waals surface area contributed by atoms with Crippen molar-refractivity contribution in [2.24, 2.45) is 0 Å². The first kappa shape index (κ1) is 19.5. The summed E-state index contributed by atoms with van der Waals surface area (Å²) in [6.45, 7) is 1.32.